The number of fused-ring (bicyclic) bond motifs is 1. The quantitative estimate of drug-likeness (QED) is 0.841. The van der Waals surface area contributed by atoms with Crippen molar-refractivity contribution in [2.24, 2.45) is 0 Å². The van der Waals surface area contributed by atoms with Gasteiger partial charge in [0, 0.05) is 11.3 Å². The lowest BCUT2D eigenvalue weighted by atomic mass is 10.0. The molecule has 0 fully saturated rings. The maximum Gasteiger partial charge on any atom is 0.333 e. The standard InChI is InChI=1S/C18H20FN3O3/c1-25-18(24)17(12-6-2-3-7-13(12)19)21-16(23)10-22-11-20-14-8-4-5-9-15(14)22/h2-3,6-7,11,17H,4-5,8-10H2,1H3,(H,21,23)/t17-/m1/s1. The smallest absolute Gasteiger partial charge is 0.333 e. The third kappa shape index (κ3) is 3.70. The Balaban J connectivity index is 1.76. The highest BCUT2D eigenvalue weighted by molar-refractivity contribution is 5.85. The first-order valence-corrected chi connectivity index (χ1v) is 8.24. The number of aromatic nitrogens is 2. The molecular weight excluding hydrogens is 325 g/mol. The summed E-state index contributed by atoms with van der Waals surface area (Å²) in [5.74, 6) is -1.69. The Labute approximate surface area is 145 Å². The molecule has 3 rings (SSSR count). The fourth-order valence-corrected chi connectivity index (χ4v) is 3.12. The highest BCUT2D eigenvalue weighted by Crippen LogP contribution is 2.21. The zero-order valence-corrected chi connectivity index (χ0v) is 14.0. The average Bonchev–Trinajstić information content (AvgIpc) is 3.03. The monoisotopic (exact) mass is 345 g/mol. The maximum absolute atomic E-state index is 14.0. The van der Waals surface area contributed by atoms with Crippen molar-refractivity contribution < 1.29 is 18.7 Å². The van der Waals surface area contributed by atoms with Crippen LogP contribution in [0.25, 0.3) is 0 Å². The van der Waals surface area contributed by atoms with Gasteiger partial charge in [-0.1, -0.05) is 18.2 Å². The molecule has 0 aliphatic heterocycles. The van der Waals surface area contributed by atoms with Crippen LogP contribution in [0.15, 0.2) is 30.6 Å². The molecule has 0 radical (unpaired) electrons. The van der Waals surface area contributed by atoms with Crippen molar-refractivity contribution in [3.8, 4) is 0 Å². The number of amides is 1. The van der Waals surface area contributed by atoms with Crippen LogP contribution in [0.4, 0.5) is 4.39 Å². The predicted octanol–water partition coefficient (Wildman–Crippen LogP) is 1.93. The Kier molecular flexibility index (Phi) is 5.11. The van der Waals surface area contributed by atoms with E-state index in [2.05, 4.69) is 10.3 Å². The first-order valence-electron chi connectivity index (χ1n) is 8.24. The van der Waals surface area contributed by atoms with Crippen LogP contribution in [0.3, 0.4) is 0 Å². The highest BCUT2D eigenvalue weighted by atomic mass is 19.1. The van der Waals surface area contributed by atoms with Gasteiger partial charge in [-0.05, 0) is 31.7 Å². The number of nitrogens with one attached hydrogen (secondary N) is 1. The second kappa shape index (κ2) is 7.46. The van der Waals surface area contributed by atoms with Gasteiger partial charge in [-0.15, -0.1) is 0 Å². The Morgan fingerprint density at radius 3 is 2.84 bits per heavy atom. The minimum Gasteiger partial charge on any atom is -0.467 e. The Hall–Kier alpha value is -2.70. The summed E-state index contributed by atoms with van der Waals surface area (Å²) in [6.45, 7) is 0.0320. The van der Waals surface area contributed by atoms with Crippen LogP contribution in [0.1, 0.15) is 35.8 Å². The van der Waals surface area contributed by atoms with Gasteiger partial charge >= 0.3 is 5.97 Å². The number of hydrogen-bond acceptors (Lipinski definition) is 4. The van der Waals surface area contributed by atoms with Crippen molar-refractivity contribution in [3.63, 3.8) is 0 Å². The van der Waals surface area contributed by atoms with Gasteiger partial charge in [-0.25, -0.2) is 14.2 Å². The molecule has 0 spiro atoms. The number of nitrogens with zero attached hydrogens (tertiary/aromatic N) is 2. The number of carbonyl (C=O) groups is 2. The van der Waals surface area contributed by atoms with Gasteiger partial charge in [0.1, 0.15) is 12.4 Å². The fourth-order valence-electron chi connectivity index (χ4n) is 3.12. The van der Waals surface area contributed by atoms with Gasteiger partial charge in [0.25, 0.3) is 0 Å². The van der Waals surface area contributed by atoms with Crippen molar-refractivity contribution in [3.05, 3.63) is 53.4 Å². The molecule has 1 atom stereocenters. The van der Waals surface area contributed by atoms with E-state index in [1.807, 2.05) is 0 Å². The summed E-state index contributed by atoms with van der Waals surface area (Å²) >= 11 is 0. The molecule has 0 saturated carbocycles. The van der Waals surface area contributed by atoms with Crippen LogP contribution in [0, 0.1) is 5.82 Å². The molecule has 1 aromatic heterocycles. The highest BCUT2D eigenvalue weighted by Gasteiger charge is 2.26. The van der Waals surface area contributed by atoms with Crippen molar-refractivity contribution in [1.82, 2.24) is 14.9 Å². The number of esters is 1. The van der Waals surface area contributed by atoms with Gasteiger partial charge in [-0.2, -0.15) is 0 Å². The largest absolute Gasteiger partial charge is 0.467 e. The normalized spacial score (nSPS) is 14.5. The summed E-state index contributed by atoms with van der Waals surface area (Å²) in [6.07, 6.45) is 5.63. The van der Waals surface area contributed by atoms with E-state index in [1.54, 1.807) is 17.0 Å². The van der Waals surface area contributed by atoms with Crippen LogP contribution < -0.4 is 5.32 Å². The lowest BCUT2D eigenvalue weighted by Gasteiger charge is -2.19. The molecule has 6 nitrogen and oxygen atoms in total. The van der Waals surface area contributed by atoms with Gasteiger partial charge in [0.2, 0.25) is 5.91 Å². The zero-order chi connectivity index (χ0) is 17.8. The minimum absolute atomic E-state index is 0.0320. The number of benzene rings is 1. The molecule has 0 saturated heterocycles. The van der Waals surface area contributed by atoms with Crippen LogP contribution in [-0.4, -0.2) is 28.5 Å². The molecule has 2 aromatic rings. The topological polar surface area (TPSA) is 73.2 Å². The molecule has 132 valence electrons. The molecular formula is C18H20FN3O3. The molecule has 1 amide bonds. The number of hydrogen-bond donors (Lipinski definition) is 1. The van der Waals surface area contributed by atoms with Gasteiger partial charge in [0.05, 0.1) is 19.1 Å². The van der Waals surface area contributed by atoms with E-state index in [0.717, 1.165) is 37.1 Å². The summed E-state index contributed by atoms with van der Waals surface area (Å²) in [7, 11) is 1.20. The first kappa shape index (κ1) is 17.1. The van der Waals surface area contributed by atoms with Crippen molar-refractivity contribution in [2.75, 3.05) is 7.11 Å². The number of aryl methyl sites for hydroxylation is 1. The number of imidazole rings is 1. The van der Waals surface area contributed by atoms with Crippen LogP contribution in [-0.2, 0) is 33.7 Å². The number of halogens is 1. The van der Waals surface area contributed by atoms with Gasteiger partial charge in [0.15, 0.2) is 6.04 Å². The van der Waals surface area contributed by atoms with Gasteiger partial charge in [-0.3, -0.25) is 4.79 Å². The number of ether oxygens (including phenoxy) is 1. The molecule has 25 heavy (non-hydrogen) atoms. The summed E-state index contributed by atoms with van der Waals surface area (Å²) in [6, 6.07) is 4.64. The summed E-state index contributed by atoms with van der Waals surface area (Å²) in [5.41, 5.74) is 2.16. The summed E-state index contributed by atoms with van der Waals surface area (Å²) < 4.78 is 20.5. The lowest BCUT2D eigenvalue weighted by Crippen LogP contribution is -2.37. The molecule has 0 unspecified atom stereocenters. The Bertz CT molecular complexity index is 788. The fraction of sp³-hybridized carbons (Fsp3) is 0.389. The molecule has 0 bridgehead atoms. The zero-order valence-electron chi connectivity index (χ0n) is 14.0. The molecule has 1 heterocycles. The van der Waals surface area contributed by atoms with E-state index < -0.39 is 23.7 Å². The second-order valence-electron chi connectivity index (χ2n) is 6.02. The lowest BCUT2D eigenvalue weighted by molar-refractivity contribution is -0.145. The summed E-state index contributed by atoms with van der Waals surface area (Å²) in [5, 5.41) is 2.57. The number of rotatable bonds is 5. The van der Waals surface area contributed by atoms with Crippen LogP contribution in [0.2, 0.25) is 0 Å². The van der Waals surface area contributed by atoms with E-state index in [1.165, 1.54) is 25.3 Å². The predicted molar refractivity (Wildman–Crippen MR) is 88.2 cm³/mol. The molecule has 7 heteroatoms. The number of carbonyl (C=O) groups excluding carboxylic acids is 2. The second-order valence-corrected chi connectivity index (χ2v) is 6.02. The average molecular weight is 345 g/mol. The van der Waals surface area contributed by atoms with E-state index >= 15 is 0 Å². The van der Waals surface area contributed by atoms with Crippen molar-refractivity contribution in [2.45, 2.75) is 38.3 Å². The van der Waals surface area contributed by atoms with E-state index in [-0.39, 0.29) is 12.1 Å². The van der Waals surface area contributed by atoms with Crippen LogP contribution >= 0.6 is 0 Å². The Morgan fingerprint density at radius 1 is 1.32 bits per heavy atom. The Morgan fingerprint density at radius 2 is 2.08 bits per heavy atom. The SMILES string of the molecule is COC(=O)[C@H](NC(=O)Cn1cnc2c1CCCC2)c1ccccc1F. The molecule has 1 aromatic carbocycles. The van der Waals surface area contributed by atoms with E-state index in [0.29, 0.717) is 0 Å². The molecule has 1 aliphatic carbocycles. The van der Waals surface area contributed by atoms with Gasteiger partial charge < -0.3 is 14.6 Å². The van der Waals surface area contributed by atoms with E-state index in [9.17, 15) is 14.0 Å². The number of methoxy groups -OCH3 is 1. The molecule has 1 aliphatic rings. The van der Waals surface area contributed by atoms with E-state index in [4.69, 9.17) is 4.74 Å². The minimum atomic E-state index is -1.18. The van der Waals surface area contributed by atoms with Crippen molar-refractivity contribution in [1.29, 1.82) is 0 Å². The first-order chi connectivity index (χ1) is 12.1. The third-order valence-electron chi connectivity index (χ3n) is 4.38. The maximum atomic E-state index is 14.0. The van der Waals surface area contributed by atoms with Crippen molar-refractivity contribution >= 4 is 11.9 Å². The third-order valence-corrected chi connectivity index (χ3v) is 4.38. The van der Waals surface area contributed by atoms with Crippen LogP contribution in [0.5, 0.6) is 0 Å². The summed E-state index contributed by atoms with van der Waals surface area (Å²) in [4.78, 5) is 28.8. The molecule has 1 N–H and O–H groups in total.